The molecule has 0 bridgehead atoms. The SMILES string of the molecule is CC(C)(C)OC(=O)[C@H](CCC(=O)CN(CC(=O)CC[C@H](NC(=O)OCc1ccccc1)C(=O)OC(C)(C)C)Cc1ccccc1)NC(=O)OCc1ccccc1. The Kier molecular flexibility index (Phi) is 17.7. The van der Waals surface area contributed by atoms with Gasteiger partial charge in [-0.05, 0) is 71.1 Å². The fourth-order valence-corrected chi connectivity index (χ4v) is 5.33. The second-order valence-corrected chi connectivity index (χ2v) is 15.4. The largest absolute Gasteiger partial charge is 0.458 e. The molecule has 13 heteroatoms. The van der Waals surface area contributed by atoms with E-state index in [2.05, 4.69) is 10.6 Å². The van der Waals surface area contributed by atoms with Gasteiger partial charge in [-0.1, -0.05) is 91.0 Å². The predicted octanol–water partition coefficient (Wildman–Crippen LogP) is 6.46. The summed E-state index contributed by atoms with van der Waals surface area (Å²) in [7, 11) is 0. The first-order chi connectivity index (χ1) is 26.5. The zero-order valence-electron chi connectivity index (χ0n) is 33.2. The molecule has 0 spiro atoms. The molecule has 0 saturated carbocycles. The first kappa shape index (κ1) is 44.8. The van der Waals surface area contributed by atoms with Crippen LogP contribution >= 0.6 is 0 Å². The zero-order valence-corrected chi connectivity index (χ0v) is 33.2. The number of alkyl carbamates (subject to hydrolysis) is 2. The van der Waals surface area contributed by atoms with Gasteiger partial charge in [-0.15, -0.1) is 0 Å². The van der Waals surface area contributed by atoms with Crippen LogP contribution in [0.2, 0.25) is 0 Å². The molecule has 0 aliphatic rings. The molecule has 302 valence electrons. The molecule has 0 unspecified atom stereocenters. The lowest BCUT2D eigenvalue weighted by molar-refractivity contribution is -0.158. The third-order valence-electron chi connectivity index (χ3n) is 7.86. The van der Waals surface area contributed by atoms with Crippen molar-refractivity contribution in [2.75, 3.05) is 13.1 Å². The molecule has 2 N–H and O–H groups in total. The van der Waals surface area contributed by atoms with Gasteiger partial charge < -0.3 is 29.6 Å². The van der Waals surface area contributed by atoms with Crippen LogP contribution in [-0.2, 0) is 57.9 Å². The molecule has 2 atom stereocenters. The van der Waals surface area contributed by atoms with Crippen molar-refractivity contribution in [1.82, 2.24) is 15.5 Å². The van der Waals surface area contributed by atoms with E-state index in [9.17, 15) is 28.8 Å². The highest BCUT2D eigenvalue weighted by Crippen LogP contribution is 2.15. The van der Waals surface area contributed by atoms with E-state index in [1.165, 1.54) is 0 Å². The van der Waals surface area contributed by atoms with Gasteiger partial charge in [0.15, 0.2) is 0 Å². The minimum absolute atomic E-state index is 0.0119. The van der Waals surface area contributed by atoms with Crippen molar-refractivity contribution in [2.24, 2.45) is 0 Å². The van der Waals surface area contributed by atoms with Gasteiger partial charge in [-0.25, -0.2) is 19.2 Å². The van der Waals surface area contributed by atoms with E-state index in [0.29, 0.717) is 0 Å². The Bertz CT molecular complexity index is 1610. The average Bonchev–Trinajstić information content (AvgIpc) is 3.13. The molecule has 56 heavy (non-hydrogen) atoms. The maximum Gasteiger partial charge on any atom is 0.408 e. The molecule has 0 aliphatic carbocycles. The Hall–Kier alpha value is -5.56. The van der Waals surface area contributed by atoms with Crippen LogP contribution < -0.4 is 10.6 Å². The number of nitrogens with zero attached hydrogens (tertiary/aromatic N) is 1. The number of rotatable bonds is 20. The lowest BCUT2D eigenvalue weighted by Gasteiger charge is -2.25. The van der Waals surface area contributed by atoms with Crippen LogP contribution in [0.5, 0.6) is 0 Å². The van der Waals surface area contributed by atoms with Crippen molar-refractivity contribution in [1.29, 1.82) is 0 Å². The molecule has 3 aromatic rings. The van der Waals surface area contributed by atoms with Gasteiger partial charge in [0.05, 0.1) is 13.1 Å². The summed E-state index contributed by atoms with van der Waals surface area (Å²) in [6, 6.07) is 25.1. The van der Waals surface area contributed by atoms with E-state index in [0.717, 1.165) is 16.7 Å². The highest BCUT2D eigenvalue weighted by atomic mass is 16.6. The molecule has 0 heterocycles. The van der Waals surface area contributed by atoms with Gasteiger partial charge in [0, 0.05) is 19.4 Å². The van der Waals surface area contributed by atoms with Crippen LogP contribution in [0.3, 0.4) is 0 Å². The fraction of sp³-hybridized carbons (Fsp3) is 0.442. The minimum Gasteiger partial charge on any atom is -0.458 e. The predicted molar refractivity (Wildman–Crippen MR) is 209 cm³/mol. The highest BCUT2D eigenvalue weighted by Gasteiger charge is 2.30. The number of benzene rings is 3. The lowest BCUT2D eigenvalue weighted by Crippen LogP contribution is -2.45. The number of hydrogen-bond acceptors (Lipinski definition) is 11. The van der Waals surface area contributed by atoms with Crippen LogP contribution in [0.1, 0.15) is 83.9 Å². The quantitative estimate of drug-likeness (QED) is 0.0956. The number of amides is 2. The van der Waals surface area contributed by atoms with Crippen LogP contribution in [0.4, 0.5) is 9.59 Å². The van der Waals surface area contributed by atoms with E-state index in [1.807, 2.05) is 66.7 Å². The normalized spacial score (nSPS) is 12.5. The third kappa shape index (κ3) is 18.7. The molecule has 0 fully saturated rings. The van der Waals surface area contributed by atoms with Crippen molar-refractivity contribution in [3.8, 4) is 0 Å². The van der Waals surface area contributed by atoms with Crippen molar-refractivity contribution in [3.05, 3.63) is 108 Å². The summed E-state index contributed by atoms with van der Waals surface area (Å²) >= 11 is 0. The first-order valence-electron chi connectivity index (χ1n) is 18.7. The van der Waals surface area contributed by atoms with Crippen molar-refractivity contribution < 1.29 is 47.7 Å². The Morgan fingerprint density at radius 3 is 1.21 bits per heavy atom. The number of carbonyl (C=O) groups excluding carboxylic acids is 6. The first-order valence-corrected chi connectivity index (χ1v) is 18.7. The van der Waals surface area contributed by atoms with Gasteiger partial charge in [0.2, 0.25) is 0 Å². The van der Waals surface area contributed by atoms with Gasteiger partial charge in [0.1, 0.15) is 48.1 Å². The van der Waals surface area contributed by atoms with E-state index < -0.39 is 47.4 Å². The third-order valence-corrected chi connectivity index (χ3v) is 7.86. The standard InChI is InChI=1S/C43H55N3O10/c1-42(2,3)55-38(49)36(44-40(51)53-29-32-18-12-8-13-19-32)24-22-34(47)27-46(26-31-16-10-7-11-17-31)28-35(48)23-25-37(39(50)56-43(4,5)6)45-41(52)54-30-33-20-14-9-15-21-33/h7-21,36-37H,22-30H2,1-6H3,(H,44,51)(H,45,52)/t36-,37-/m0/s1. The molecule has 0 aliphatic heterocycles. The maximum absolute atomic E-state index is 13.4. The van der Waals surface area contributed by atoms with Crippen LogP contribution in [0, 0.1) is 0 Å². The Labute approximate surface area is 329 Å². The minimum atomic E-state index is -1.16. The molecule has 0 aromatic heterocycles. The van der Waals surface area contributed by atoms with E-state index in [4.69, 9.17) is 18.9 Å². The van der Waals surface area contributed by atoms with E-state index in [1.54, 1.807) is 70.7 Å². The number of carbonyl (C=O) groups is 6. The second-order valence-electron chi connectivity index (χ2n) is 15.4. The molecule has 3 aromatic carbocycles. The van der Waals surface area contributed by atoms with Crippen LogP contribution in [-0.4, -0.2) is 77.0 Å². The van der Waals surface area contributed by atoms with Crippen LogP contribution in [0.15, 0.2) is 91.0 Å². The van der Waals surface area contributed by atoms with E-state index in [-0.39, 0.29) is 70.1 Å². The Morgan fingerprint density at radius 1 is 0.536 bits per heavy atom. The molecule has 0 radical (unpaired) electrons. The monoisotopic (exact) mass is 773 g/mol. The molecule has 13 nitrogen and oxygen atoms in total. The van der Waals surface area contributed by atoms with Crippen molar-refractivity contribution in [3.63, 3.8) is 0 Å². The Morgan fingerprint density at radius 2 is 0.875 bits per heavy atom. The number of ether oxygens (including phenoxy) is 4. The number of Topliss-reactive ketones (excluding diaryl/α,β-unsaturated/α-hetero) is 2. The highest BCUT2D eigenvalue weighted by molar-refractivity contribution is 5.86. The number of ketones is 2. The summed E-state index contributed by atoms with van der Waals surface area (Å²) in [5.41, 5.74) is 0.692. The summed E-state index contributed by atoms with van der Waals surface area (Å²) < 4.78 is 21.6. The number of esters is 2. The molecular weight excluding hydrogens is 718 g/mol. The molecule has 3 rings (SSSR count). The van der Waals surface area contributed by atoms with Gasteiger partial charge in [-0.2, -0.15) is 0 Å². The molecule has 2 amide bonds. The van der Waals surface area contributed by atoms with Crippen LogP contribution in [0.25, 0.3) is 0 Å². The summed E-state index contributed by atoms with van der Waals surface area (Å²) in [6.45, 7) is 10.1. The maximum atomic E-state index is 13.4. The van der Waals surface area contributed by atoms with Crippen molar-refractivity contribution >= 4 is 35.7 Å². The van der Waals surface area contributed by atoms with Gasteiger partial charge in [-0.3, -0.25) is 14.5 Å². The lowest BCUT2D eigenvalue weighted by atomic mass is 10.1. The zero-order chi connectivity index (χ0) is 41.1. The summed E-state index contributed by atoms with van der Waals surface area (Å²) in [5, 5.41) is 5.08. The summed E-state index contributed by atoms with van der Waals surface area (Å²) in [6.07, 6.45) is -2.03. The second kappa shape index (κ2) is 22.1. The molecular formula is C43H55N3O10. The smallest absolute Gasteiger partial charge is 0.408 e. The van der Waals surface area contributed by atoms with Gasteiger partial charge in [0.25, 0.3) is 0 Å². The topological polar surface area (TPSA) is 167 Å². The van der Waals surface area contributed by atoms with Gasteiger partial charge >= 0.3 is 24.1 Å². The summed E-state index contributed by atoms with van der Waals surface area (Å²) in [5.74, 6) is -1.99. The molecule has 0 saturated heterocycles. The summed E-state index contributed by atoms with van der Waals surface area (Å²) in [4.78, 5) is 80.1. The Balaban J connectivity index is 1.65. The number of hydrogen-bond donors (Lipinski definition) is 2. The van der Waals surface area contributed by atoms with Crippen molar-refractivity contribution in [2.45, 2.75) is 110 Å². The van der Waals surface area contributed by atoms with E-state index >= 15 is 0 Å². The average molecular weight is 774 g/mol. The number of nitrogens with one attached hydrogen (secondary N) is 2. The fourth-order valence-electron chi connectivity index (χ4n) is 5.33.